The number of aliphatic carboxylic acids is 1. The average molecular weight is 211 g/mol. The summed E-state index contributed by atoms with van der Waals surface area (Å²) < 4.78 is 5.15. The standard InChI is InChI=1S/C10H7ClO3/c11-9-5-7-3-6(4-10(12)13)1-2-8(7)14-9/h1-3,5H,4H2,(H,12,13). The second kappa shape index (κ2) is 3.35. The van der Waals surface area contributed by atoms with Crippen molar-refractivity contribution in [2.75, 3.05) is 0 Å². The summed E-state index contributed by atoms with van der Waals surface area (Å²) in [6.07, 6.45) is 0.0126. The molecule has 72 valence electrons. The number of hydrogen-bond acceptors (Lipinski definition) is 2. The highest BCUT2D eigenvalue weighted by Crippen LogP contribution is 2.23. The molecule has 0 radical (unpaired) electrons. The first-order valence-corrected chi connectivity index (χ1v) is 4.43. The van der Waals surface area contributed by atoms with Crippen molar-refractivity contribution >= 4 is 28.5 Å². The topological polar surface area (TPSA) is 50.4 Å². The van der Waals surface area contributed by atoms with Gasteiger partial charge in [0.1, 0.15) is 5.58 Å². The van der Waals surface area contributed by atoms with Gasteiger partial charge in [-0.25, -0.2) is 0 Å². The smallest absolute Gasteiger partial charge is 0.307 e. The molecule has 0 aliphatic carbocycles. The zero-order valence-electron chi connectivity index (χ0n) is 7.16. The van der Waals surface area contributed by atoms with Gasteiger partial charge in [-0.05, 0) is 29.3 Å². The normalized spacial score (nSPS) is 10.6. The predicted octanol–water partition coefficient (Wildman–Crippen LogP) is 2.71. The molecule has 1 N–H and O–H groups in total. The summed E-state index contributed by atoms with van der Waals surface area (Å²) in [5.74, 6) is -0.848. The van der Waals surface area contributed by atoms with E-state index in [9.17, 15) is 4.79 Å². The lowest BCUT2D eigenvalue weighted by Gasteiger charge is -1.95. The minimum absolute atomic E-state index is 0.0126. The van der Waals surface area contributed by atoms with E-state index in [-0.39, 0.29) is 6.42 Å². The largest absolute Gasteiger partial charge is 0.481 e. The highest BCUT2D eigenvalue weighted by molar-refractivity contribution is 6.29. The van der Waals surface area contributed by atoms with Crippen molar-refractivity contribution in [1.29, 1.82) is 0 Å². The van der Waals surface area contributed by atoms with Gasteiger partial charge in [0.05, 0.1) is 6.42 Å². The zero-order valence-corrected chi connectivity index (χ0v) is 7.91. The molecule has 4 heteroatoms. The van der Waals surface area contributed by atoms with Gasteiger partial charge in [0.15, 0.2) is 5.22 Å². The molecule has 0 bridgehead atoms. The van der Waals surface area contributed by atoms with E-state index in [0.717, 1.165) is 10.9 Å². The van der Waals surface area contributed by atoms with E-state index in [1.54, 1.807) is 24.3 Å². The quantitative estimate of drug-likeness (QED) is 0.829. The maximum Gasteiger partial charge on any atom is 0.307 e. The minimum Gasteiger partial charge on any atom is -0.481 e. The maximum atomic E-state index is 10.5. The fourth-order valence-electron chi connectivity index (χ4n) is 1.35. The monoisotopic (exact) mass is 210 g/mol. The molecule has 0 saturated carbocycles. The Morgan fingerprint density at radius 3 is 2.93 bits per heavy atom. The van der Waals surface area contributed by atoms with Crippen LogP contribution in [0.2, 0.25) is 5.22 Å². The van der Waals surface area contributed by atoms with Crippen molar-refractivity contribution in [3.8, 4) is 0 Å². The Bertz CT molecular complexity index is 487. The third kappa shape index (κ3) is 1.72. The van der Waals surface area contributed by atoms with Crippen LogP contribution in [-0.4, -0.2) is 11.1 Å². The molecule has 1 aromatic carbocycles. The molecule has 0 aliphatic heterocycles. The summed E-state index contributed by atoms with van der Waals surface area (Å²) >= 11 is 5.66. The number of carboxylic acids is 1. The van der Waals surface area contributed by atoms with Gasteiger partial charge in [-0.1, -0.05) is 6.07 Å². The Morgan fingerprint density at radius 1 is 1.43 bits per heavy atom. The summed E-state index contributed by atoms with van der Waals surface area (Å²) in [5, 5.41) is 9.73. The molecule has 0 aliphatic rings. The van der Waals surface area contributed by atoms with Gasteiger partial charge in [-0.15, -0.1) is 0 Å². The molecule has 2 rings (SSSR count). The van der Waals surface area contributed by atoms with Gasteiger partial charge < -0.3 is 9.52 Å². The van der Waals surface area contributed by atoms with E-state index >= 15 is 0 Å². The average Bonchev–Trinajstić information content (AvgIpc) is 2.42. The molecule has 0 amide bonds. The van der Waals surface area contributed by atoms with Crippen molar-refractivity contribution in [2.45, 2.75) is 6.42 Å². The fraction of sp³-hybridized carbons (Fsp3) is 0.100. The predicted molar refractivity (Wildman–Crippen MR) is 52.6 cm³/mol. The Kier molecular flexibility index (Phi) is 2.17. The van der Waals surface area contributed by atoms with Crippen LogP contribution in [0.4, 0.5) is 0 Å². The number of fused-ring (bicyclic) bond motifs is 1. The number of rotatable bonds is 2. The van der Waals surface area contributed by atoms with Crippen LogP contribution in [0, 0.1) is 0 Å². The van der Waals surface area contributed by atoms with Gasteiger partial charge >= 0.3 is 5.97 Å². The number of hydrogen-bond donors (Lipinski definition) is 1. The lowest BCUT2D eigenvalue weighted by molar-refractivity contribution is -0.136. The van der Waals surface area contributed by atoms with Crippen LogP contribution >= 0.6 is 11.6 Å². The Labute approximate surface area is 84.9 Å². The van der Waals surface area contributed by atoms with Crippen molar-refractivity contribution in [1.82, 2.24) is 0 Å². The van der Waals surface area contributed by atoms with Crippen LogP contribution in [0.3, 0.4) is 0 Å². The number of furan rings is 1. The first-order chi connectivity index (χ1) is 6.65. The fourth-order valence-corrected chi connectivity index (χ4v) is 1.55. The molecule has 2 aromatic rings. The number of benzene rings is 1. The Hall–Kier alpha value is -1.48. The van der Waals surface area contributed by atoms with E-state index in [1.165, 1.54) is 0 Å². The van der Waals surface area contributed by atoms with E-state index in [4.69, 9.17) is 21.1 Å². The number of halogens is 1. The van der Waals surface area contributed by atoms with Crippen LogP contribution in [0.1, 0.15) is 5.56 Å². The molecule has 0 atom stereocenters. The molecule has 1 aromatic heterocycles. The molecule has 14 heavy (non-hydrogen) atoms. The molecule has 0 fully saturated rings. The first kappa shape index (κ1) is 9.09. The molecule has 0 saturated heterocycles. The summed E-state index contributed by atoms with van der Waals surface area (Å²) in [4.78, 5) is 10.5. The van der Waals surface area contributed by atoms with Crippen LogP contribution in [0.25, 0.3) is 11.0 Å². The van der Waals surface area contributed by atoms with Crippen molar-refractivity contribution in [2.24, 2.45) is 0 Å². The van der Waals surface area contributed by atoms with Gasteiger partial charge in [0.25, 0.3) is 0 Å². The number of carboxylic acid groups (broad SMARTS) is 1. The molecule has 0 spiro atoms. The molecule has 0 unspecified atom stereocenters. The van der Waals surface area contributed by atoms with Gasteiger partial charge in [-0.3, -0.25) is 4.79 Å². The summed E-state index contributed by atoms with van der Waals surface area (Å²) in [6, 6.07) is 6.87. The molecule has 3 nitrogen and oxygen atoms in total. The van der Waals surface area contributed by atoms with Crippen molar-refractivity contribution in [3.05, 3.63) is 35.0 Å². The van der Waals surface area contributed by atoms with Crippen LogP contribution in [0.5, 0.6) is 0 Å². The summed E-state index contributed by atoms with van der Waals surface area (Å²) in [5.41, 5.74) is 1.41. The SMILES string of the molecule is O=C(O)Cc1ccc2oc(Cl)cc2c1. The van der Waals surface area contributed by atoms with E-state index < -0.39 is 5.97 Å². The van der Waals surface area contributed by atoms with Crippen LogP contribution in [-0.2, 0) is 11.2 Å². The summed E-state index contributed by atoms with van der Waals surface area (Å²) in [7, 11) is 0. The zero-order chi connectivity index (χ0) is 10.1. The lowest BCUT2D eigenvalue weighted by Crippen LogP contribution is -1.99. The number of carbonyl (C=O) groups is 1. The van der Waals surface area contributed by atoms with E-state index in [2.05, 4.69) is 0 Å². The third-order valence-electron chi connectivity index (χ3n) is 1.91. The van der Waals surface area contributed by atoms with E-state index in [0.29, 0.717) is 10.8 Å². The molecular formula is C10H7ClO3. The van der Waals surface area contributed by atoms with Crippen molar-refractivity contribution in [3.63, 3.8) is 0 Å². The summed E-state index contributed by atoms with van der Waals surface area (Å²) in [6.45, 7) is 0. The van der Waals surface area contributed by atoms with E-state index in [1.807, 2.05) is 0 Å². The van der Waals surface area contributed by atoms with Crippen LogP contribution in [0.15, 0.2) is 28.7 Å². The van der Waals surface area contributed by atoms with Crippen molar-refractivity contribution < 1.29 is 14.3 Å². The second-order valence-electron chi connectivity index (χ2n) is 2.99. The highest BCUT2D eigenvalue weighted by Gasteiger charge is 2.04. The van der Waals surface area contributed by atoms with Gasteiger partial charge in [0, 0.05) is 11.5 Å². The Balaban J connectivity index is 2.45. The highest BCUT2D eigenvalue weighted by atomic mass is 35.5. The van der Waals surface area contributed by atoms with Gasteiger partial charge in [0.2, 0.25) is 0 Å². The lowest BCUT2D eigenvalue weighted by atomic mass is 10.1. The van der Waals surface area contributed by atoms with Crippen LogP contribution < -0.4 is 0 Å². The third-order valence-corrected chi connectivity index (χ3v) is 2.09. The first-order valence-electron chi connectivity index (χ1n) is 4.05. The Morgan fingerprint density at radius 2 is 2.21 bits per heavy atom. The molecular weight excluding hydrogens is 204 g/mol. The second-order valence-corrected chi connectivity index (χ2v) is 3.37. The maximum absolute atomic E-state index is 10.5. The molecule has 1 heterocycles. The minimum atomic E-state index is -0.848. The van der Waals surface area contributed by atoms with Gasteiger partial charge in [-0.2, -0.15) is 0 Å².